The molecule has 9 heteroatoms. The molecule has 2 heterocycles. The van der Waals surface area contributed by atoms with Gasteiger partial charge in [0.25, 0.3) is 0 Å². The van der Waals surface area contributed by atoms with E-state index < -0.39 is 11.6 Å². The molecule has 156 valence electrons. The van der Waals surface area contributed by atoms with Crippen LogP contribution in [0.25, 0.3) is 0 Å². The molecule has 2 aliphatic rings. The van der Waals surface area contributed by atoms with Gasteiger partial charge in [0.05, 0.1) is 10.9 Å². The van der Waals surface area contributed by atoms with E-state index in [0.29, 0.717) is 23.4 Å². The Hall–Kier alpha value is -1.58. The minimum absolute atomic E-state index is 0.0104. The first-order chi connectivity index (χ1) is 13.9. The lowest BCUT2D eigenvalue weighted by atomic mass is 9.95. The molecule has 1 aliphatic heterocycles. The second-order valence-electron chi connectivity index (χ2n) is 7.85. The Labute approximate surface area is 180 Å². The lowest BCUT2D eigenvalue weighted by Crippen LogP contribution is -2.39. The van der Waals surface area contributed by atoms with Crippen LogP contribution in [0.3, 0.4) is 0 Å². The number of halogens is 3. The maximum atomic E-state index is 14.5. The Morgan fingerprint density at radius 2 is 2.17 bits per heavy atom. The fourth-order valence-corrected chi connectivity index (χ4v) is 5.27. The molecule has 2 aromatic rings. The van der Waals surface area contributed by atoms with Gasteiger partial charge in [-0.25, -0.2) is 8.78 Å². The molecule has 5 nitrogen and oxygen atoms in total. The number of aromatic nitrogens is 2. The zero-order valence-corrected chi connectivity index (χ0v) is 18.1. The number of aliphatic hydroxyl groups excluding tert-OH is 1. The number of aromatic amines is 1. The van der Waals surface area contributed by atoms with Gasteiger partial charge >= 0.3 is 0 Å². The van der Waals surface area contributed by atoms with Gasteiger partial charge in [-0.05, 0) is 59.5 Å². The fraction of sp³-hybridized carbons (Fsp3) is 0.500. The summed E-state index contributed by atoms with van der Waals surface area (Å²) in [4.78, 5) is 15.6. The number of H-pyrrole nitrogens is 1. The third-order valence-electron chi connectivity index (χ3n) is 6.08. The number of nitrogens with one attached hydrogen (secondary N) is 2. The van der Waals surface area contributed by atoms with E-state index in [1.165, 1.54) is 12.1 Å². The number of benzene rings is 1. The molecule has 1 aromatic carbocycles. The van der Waals surface area contributed by atoms with Crippen LogP contribution in [0, 0.1) is 22.3 Å². The number of aliphatic hydroxyl groups is 1. The predicted molar refractivity (Wildman–Crippen MR) is 110 cm³/mol. The van der Waals surface area contributed by atoms with Crippen molar-refractivity contribution in [3.05, 3.63) is 50.0 Å². The largest absolute Gasteiger partial charge is 0.396 e. The number of imidazole rings is 1. The highest BCUT2D eigenvalue weighted by Crippen LogP contribution is 2.36. The van der Waals surface area contributed by atoms with Crippen LogP contribution in [0.1, 0.15) is 42.1 Å². The van der Waals surface area contributed by atoms with E-state index >= 15 is 0 Å². The van der Waals surface area contributed by atoms with E-state index in [-0.39, 0.29) is 46.8 Å². The van der Waals surface area contributed by atoms with Gasteiger partial charge in [-0.1, -0.05) is 6.42 Å². The van der Waals surface area contributed by atoms with Gasteiger partial charge in [0.15, 0.2) is 4.77 Å². The lowest BCUT2D eigenvalue weighted by Gasteiger charge is -2.19. The van der Waals surface area contributed by atoms with Gasteiger partial charge in [-0.2, -0.15) is 0 Å². The normalized spacial score (nSPS) is 23.4. The molecular formula is C20H22BrF2N3O2S. The van der Waals surface area contributed by atoms with Crippen molar-refractivity contribution in [2.24, 2.45) is 5.92 Å². The van der Waals surface area contributed by atoms with Crippen LogP contribution < -0.4 is 5.32 Å². The highest BCUT2D eigenvalue weighted by atomic mass is 79.9. The lowest BCUT2D eigenvalue weighted by molar-refractivity contribution is -0.121. The van der Waals surface area contributed by atoms with Gasteiger partial charge in [-0.15, -0.1) is 0 Å². The summed E-state index contributed by atoms with van der Waals surface area (Å²) < 4.78 is 31.4. The summed E-state index contributed by atoms with van der Waals surface area (Å²) in [5, 5.41) is 12.4. The second-order valence-corrected chi connectivity index (χ2v) is 9.09. The van der Waals surface area contributed by atoms with Gasteiger partial charge in [0.1, 0.15) is 11.6 Å². The van der Waals surface area contributed by atoms with Gasteiger partial charge in [0, 0.05) is 48.0 Å². The van der Waals surface area contributed by atoms with Crippen molar-refractivity contribution in [1.29, 1.82) is 0 Å². The third kappa shape index (κ3) is 3.92. The van der Waals surface area contributed by atoms with Crippen LogP contribution in [0.15, 0.2) is 16.6 Å². The van der Waals surface area contributed by atoms with E-state index in [9.17, 15) is 18.7 Å². The van der Waals surface area contributed by atoms with E-state index in [0.717, 1.165) is 25.0 Å². The van der Waals surface area contributed by atoms with Gasteiger partial charge in [-0.3, -0.25) is 4.79 Å². The maximum absolute atomic E-state index is 14.5. The van der Waals surface area contributed by atoms with Crippen LogP contribution in [-0.2, 0) is 24.2 Å². The average molecular weight is 486 g/mol. The summed E-state index contributed by atoms with van der Waals surface area (Å²) in [6.07, 6.45) is 3.30. The topological polar surface area (TPSA) is 70.0 Å². The Morgan fingerprint density at radius 3 is 2.93 bits per heavy atom. The first-order valence-corrected chi connectivity index (χ1v) is 10.9. The van der Waals surface area contributed by atoms with Crippen molar-refractivity contribution < 1.29 is 18.7 Å². The van der Waals surface area contributed by atoms with Gasteiger partial charge < -0.3 is 20.0 Å². The fourth-order valence-electron chi connectivity index (χ4n) is 4.62. The van der Waals surface area contributed by atoms with Crippen LogP contribution in [-0.4, -0.2) is 33.2 Å². The molecule has 1 aliphatic carbocycles. The van der Waals surface area contributed by atoms with Crippen LogP contribution >= 0.6 is 28.1 Å². The van der Waals surface area contributed by atoms with Gasteiger partial charge in [0.2, 0.25) is 5.91 Å². The SMILES string of the molecule is O=C(Cc1[nH]c(=S)n2c1C[C@H](c1c(F)ccc(Br)c1F)C2)NC1CCCC1CO. The number of amides is 1. The smallest absolute Gasteiger partial charge is 0.226 e. The summed E-state index contributed by atoms with van der Waals surface area (Å²) in [6, 6.07) is 2.60. The van der Waals surface area contributed by atoms with Crippen LogP contribution in [0.2, 0.25) is 0 Å². The molecule has 1 fully saturated rings. The molecule has 1 aromatic heterocycles. The minimum Gasteiger partial charge on any atom is -0.396 e. The number of carbonyl (C=O) groups is 1. The number of fused-ring (bicyclic) bond motifs is 1. The molecule has 3 N–H and O–H groups in total. The summed E-state index contributed by atoms with van der Waals surface area (Å²) in [7, 11) is 0. The molecule has 29 heavy (non-hydrogen) atoms. The predicted octanol–water partition coefficient (Wildman–Crippen LogP) is 3.75. The Bertz CT molecular complexity index is 1010. The zero-order chi connectivity index (χ0) is 20.7. The number of nitrogens with zero attached hydrogens (tertiary/aromatic N) is 1. The van der Waals surface area contributed by atoms with E-state index in [1.54, 1.807) is 0 Å². The summed E-state index contributed by atoms with van der Waals surface area (Å²) in [6.45, 7) is 0.437. The number of hydrogen-bond donors (Lipinski definition) is 3. The zero-order valence-electron chi connectivity index (χ0n) is 15.7. The molecule has 0 bridgehead atoms. The molecule has 0 radical (unpaired) electrons. The average Bonchev–Trinajstić information content (AvgIpc) is 3.37. The molecule has 3 atom stereocenters. The molecular weight excluding hydrogens is 464 g/mol. The van der Waals surface area contributed by atoms with Crippen molar-refractivity contribution in [1.82, 2.24) is 14.9 Å². The first kappa shape index (κ1) is 20.7. The quantitative estimate of drug-likeness (QED) is 0.446. The molecule has 0 saturated heterocycles. The number of rotatable bonds is 5. The summed E-state index contributed by atoms with van der Waals surface area (Å²) in [5.74, 6) is -1.59. The monoisotopic (exact) mass is 485 g/mol. The Morgan fingerprint density at radius 1 is 1.38 bits per heavy atom. The van der Waals surface area contributed by atoms with E-state index in [1.807, 2.05) is 4.57 Å². The molecule has 0 spiro atoms. The molecule has 4 rings (SSSR count). The Kier molecular flexibility index (Phi) is 5.90. The molecule has 1 saturated carbocycles. The first-order valence-electron chi connectivity index (χ1n) is 9.73. The standard InChI is InChI=1S/C20H22BrF2N3O2S/c21-12-4-5-13(22)18(19(12)23)11-6-16-15(25-20(29)26(16)8-11)7-17(28)24-14-3-1-2-10(14)9-27/h4-5,10-11,14,27H,1-3,6-9H2,(H,24,28)(H,25,29)/t10?,11-,14?/m0/s1. The van der Waals surface area contributed by atoms with Crippen LogP contribution in [0.4, 0.5) is 8.78 Å². The van der Waals surface area contributed by atoms with Crippen LogP contribution in [0.5, 0.6) is 0 Å². The number of hydrogen-bond acceptors (Lipinski definition) is 3. The Balaban J connectivity index is 1.52. The van der Waals surface area contributed by atoms with Crippen molar-refractivity contribution in [3.63, 3.8) is 0 Å². The highest BCUT2D eigenvalue weighted by Gasteiger charge is 2.33. The summed E-state index contributed by atoms with van der Waals surface area (Å²) in [5.41, 5.74) is 1.55. The van der Waals surface area contributed by atoms with Crippen molar-refractivity contribution in [3.8, 4) is 0 Å². The number of carbonyl (C=O) groups excluding carboxylic acids is 1. The molecule has 2 unspecified atom stereocenters. The highest BCUT2D eigenvalue weighted by molar-refractivity contribution is 9.10. The maximum Gasteiger partial charge on any atom is 0.226 e. The second kappa shape index (κ2) is 8.28. The van der Waals surface area contributed by atoms with E-state index in [2.05, 4.69) is 26.2 Å². The molecule has 1 amide bonds. The van der Waals surface area contributed by atoms with E-state index in [4.69, 9.17) is 12.2 Å². The summed E-state index contributed by atoms with van der Waals surface area (Å²) >= 11 is 8.49. The van der Waals surface area contributed by atoms with Crippen molar-refractivity contribution in [2.75, 3.05) is 6.61 Å². The minimum atomic E-state index is -0.591. The van der Waals surface area contributed by atoms with Crippen molar-refractivity contribution in [2.45, 2.75) is 50.6 Å². The van der Waals surface area contributed by atoms with Crippen molar-refractivity contribution >= 4 is 34.1 Å². The third-order valence-corrected chi connectivity index (χ3v) is 7.02.